The molecule has 0 aromatic heterocycles. The van der Waals surface area contributed by atoms with E-state index in [1.807, 2.05) is 5.32 Å². The summed E-state index contributed by atoms with van der Waals surface area (Å²) < 4.78 is 51.4. The van der Waals surface area contributed by atoms with Crippen LogP contribution in [-0.2, 0) is 23.9 Å². The van der Waals surface area contributed by atoms with Crippen LogP contribution in [0, 0.1) is 70.0 Å². The average Bonchev–Trinajstić information content (AvgIpc) is 1.93. The Kier molecular flexibility index (Phi) is 20.1. The number of hydrogen-bond donors (Lipinski definition) is 6. The van der Waals surface area contributed by atoms with E-state index in [9.17, 15) is 37.8 Å². The van der Waals surface area contributed by atoms with E-state index in [-0.39, 0.29) is 64.8 Å². The molecule has 4 aliphatic heterocycles. The van der Waals surface area contributed by atoms with Gasteiger partial charge in [0, 0.05) is 82.6 Å². The SMILES string of the molecule is CC1=C2C[C@H]3[C@@H](CC=C4C[C@@H](O)CC[C@@]43C)[C@@H]2CCC12O[C@@H]1C[C@H](C)CN(CCNC(=O)CCCCCN)[C@H]1[C@H]2C.CC1=C2C[C@H]3[C@@H](CC=C4C[C@@H](O)CC[C@@]43C)[C@@H]2CCC12O[C@@H]1C[C@H](C)CN(CCNC(=O)CCCCCNC(=O)C(F)(F)F)[C@H]1[C@H]2C. The van der Waals surface area contributed by atoms with Gasteiger partial charge in [-0.25, -0.2) is 0 Å². The van der Waals surface area contributed by atoms with E-state index >= 15 is 0 Å². The zero-order valence-corrected chi connectivity index (χ0v) is 55.1. The number of carbonyl (C=O) groups is 3. The summed E-state index contributed by atoms with van der Waals surface area (Å²) in [4.78, 5) is 41.1. The largest absolute Gasteiger partial charge is 0.471 e. The molecule has 4 saturated heterocycles. The number of piperidine rings is 2. The molecule has 2 unspecified atom stereocenters. The lowest BCUT2D eigenvalue weighted by Gasteiger charge is -2.49. The quantitative estimate of drug-likeness (QED) is 0.0607. The van der Waals surface area contributed by atoms with Gasteiger partial charge in [-0.3, -0.25) is 24.2 Å². The van der Waals surface area contributed by atoms with Gasteiger partial charge >= 0.3 is 12.1 Å². The number of nitrogens with two attached hydrogens (primary N) is 1. The summed E-state index contributed by atoms with van der Waals surface area (Å²) in [7, 11) is 0. The van der Waals surface area contributed by atoms with Crippen LogP contribution in [0.1, 0.15) is 209 Å². The maximum Gasteiger partial charge on any atom is 0.471 e. The highest BCUT2D eigenvalue weighted by Crippen LogP contribution is 2.67. The summed E-state index contributed by atoms with van der Waals surface area (Å²) in [5.74, 6) is 4.35. The fourth-order valence-electron chi connectivity index (χ4n) is 21.8. The summed E-state index contributed by atoms with van der Waals surface area (Å²) in [6.45, 7) is 25.1. The van der Waals surface area contributed by atoms with Crippen LogP contribution in [0.25, 0.3) is 0 Å². The van der Waals surface area contributed by atoms with Gasteiger partial charge in [0.2, 0.25) is 11.8 Å². The van der Waals surface area contributed by atoms with Gasteiger partial charge in [-0.2, -0.15) is 13.2 Å². The van der Waals surface area contributed by atoms with Crippen LogP contribution in [-0.4, -0.2) is 144 Å². The van der Waals surface area contributed by atoms with Gasteiger partial charge in [-0.1, -0.05) is 88.8 Å². The van der Waals surface area contributed by atoms with Gasteiger partial charge in [0.05, 0.1) is 35.6 Å². The topological polar surface area (TPSA) is 179 Å². The zero-order chi connectivity index (χ0) is 62.7. The Hall–Kier alpha value is -3.12. The fraction of sp³-hybridized carbons (Fsp3) is 0.847. The van der Waals surface area contributed by atoms with Crippen LogP contribution in [0.5, 0.6) is 0 Å². The van der Waals surface area contributed by atoms with Crippen LogP contribution in [0.2, 0.25) is 0 Å². The van der Waals surface area contributed by atoms with Gasteiger partial charge < -0.3 is 41.4 Å². The summed E-state index contributed by atoms with van der Waals surface area (Å²) in [6.07, 6.45) is 23.2. The third kappa shape index (κ3) is 12.6. The Balaban J connectivity index is 0.000000184. The number of aliphatic hydroxyl groups is 2. The summed E-state index contributed by atoms with van der Waals surface area (Å²) in [5.41, 5.74) is 15.2. The highest BCUT2D eigenvalue weighted by molar-refractivity contribution is 5.81. The molecule has 88 heavy (non-hydrogen) atoms. The Morgan fingerprint density at radius 3 is 1.49 bits per heavy atom. The van der Waals surface area contributed by atoms with Crippen molar-refractivity contribution in [3.63, 3.8) is 0 Å². The highest BCUT2D eigenvalue weighted by atomic mass is 19.4. The number of amides is 3. The van der Waals surface area contributed by atoms with Gasteiger partial charge in [-0.15, -0.1) is 0 Å². The molecule has 0 bridgehead atoms. The molecular formula is C72H113F3N6O7. The number of unbranched alkanes of at least 4 members (excludes halogenated alkanes) is 4. The van der Waals surface area contributed by atoms with Crippen LogP contribution >= 0.6 is 0 Å². The number of hydrogen-bond acceptors (Lipinski definition) is 10. The van der Waals surface area contributed by atoms with Crippen molar-refractivity contribution in [2.24, 2.45) is 75.7 Å². The Labute approximate surface area is 525 Å². The Bertz CT molecular complexity index is 2680. The van der Waals surface area contributed by atoms with Crippen molar-refractivity contribution >= 4 is 17.7 Å². The standard InChI is InChI=1S/C37H56F3N3O4.C35H57N3O3/c1-22-18-31-33(43(21-22)17-16-41-32(45)8-6-5-7-15-42-34(46)37(38,39)40)24(3)36(47-31)14-12-27-28-10-9-25-19-26(44)11-13-35(25,4)30(28)20-29(27)23(36)2;1-22-18-31-33(38(21-22)17-16-37-32(40)8-6-5-7-15-36)24(3)35(41-31)14-12-27-28-10-9-25-19-26(39)11-13-34(25,4)30(28)20-29(27)23(35)2/h9,22,24,26-28,30-31,33,44H,5-8,10-21H2,1-4H3,(H,41,45)(H,42,46);9,22,24,26-28,30-31,33,39H,5-8,10-21,36H2,1-4H3,(H,37,40)/t22-,24+,26-,27-,28-,30-,31+,33-,35-,36?;22-,24+,26-,27-,28-,30-,31+,33-,34-,35?/m00/s1. The van der Waals surface area contributed by atoms with Crippen molar-refractivity contribution in [3.8, 4) is 0 Å². The molecule has 20 atom stereocenters. The molecule has 4 heterocycles. The van der Waals surface area contributed by atoms with E-state index < -0.39 is 12.1 Å². The maximum atomic E-state index is 12.5. The molecule has 13 nitrogen and oxygen atoms in total. The second-order valence-corrected chi connectivity index (χ2v) is 31.3. The van der Waals surface area contributed by atoms with Crippen molar-refractivity contribution in [2.75, 3.05) is 52.4 Å². The smallest absolute Gasteiger partial charge is 0.393 e. The molecule has 7 N–H and O–H groups in total. The van der Waals surface area contributed by atoms with Gasteiger partial charge in [0.25, 0.3) is 0 Å². The number of halogens is 3. The van der Waals surface area contributed by atoms with Crippen molar-refractivity contribution in [1.29, 1.82) is 0 Å². The van der Waals surface area contributed by atoms with E-state index in [0.29, 0.717) is 105 Å². The monoisotopic (exact) mass is 1230 g/mol. The first-order valence-corrected chi connectivity index (χ1v) is 35.5. The molecule has 8 fully saturated rings. The lowest BCUT2D eigenvalue weighted by Crippen LogP contribution is -2.54. The lowest BCUT2D eigenvalue weighted by molar-refractivity contribution is -0.173. The number of rotatable bonds is 17. The Morgan fingerprint density at radius 1 is 0.614 bits per heavy atom. The number of carbonyl (C=O) groups excluding carboxylic acids is 3. The van der Waals surface area contributed by atoms with E-state index in [1.165, 1.54) is 43.3 Å². The minimum atomic E-state index is -4.86. The van der Waals surface area contributed by atoms with E-state index in [0.717, 1.165) is 134 Å². The third-order valence-electron chi connectivity index (χ3n) is 26.4. The van der Waals surface area contributed by atoms with Crippen LogP contribution in [0.4, 0.5) is 13.2 Å². The van der Waals surface area contributed by atoms with E-state index in [4.69, 9.17) is 15.2 Å². The fourth-order valence-corrected chi connectivity index (χ4v) is 21.8. The number of nitrogens with zero attached hydrogens (tertiary/aromatic N) is 2. The first-order chi connectivity index (χ1) is 41.9. The molecule has 8 aliphatic carbocycles. The first-order valence-electron chi connectivity index (χ1n) is 35.5. The van der Waals surface area contributed by atoms with Crippen LogP contribution in [0.15, 0.2) is 45.6 Å². The number of aliphatic hydroxyl groups excluding tert-OH is 2. The number of likely N-dealkylation sites (tertiary alicyclic amines) is 2. The minimum Gasteiger partial charge on any atom is -0.393 e. The van der Waals surface area contributed by atoms with Crippen molar-refractivity contribution in [1.82, 2.24) is 25.8 Å². The van der Waals surface area contributed by atoms with Crippen LogP contribution in [0.3, 0.4) is 0 Å². The number of alkyl halides is 3. The predicted molar refractivity (Wildman–Crippen MR) is 338 cm³/mol. The minimum absolute atomic E-state index is 0.0430. The summed E-state index contributed by atoms with van der Waals surface area (Å²) in [5, 5.41) is 28.9. The highest BCUT2D eigenvalue weighted by Gasteiger charge is 2.64. The predicted octanol–water partition coefficient (Wildman–Crippen LogP) is 11.4. The molecule has 0 aromatic carbocycles. The molecule has 12 rings (SSSR count). The second kappa shape index (κ2) is 26.7. The van der Waals surface area contributed by atoms with E-state index in [1.54, 1.807) is 22.3 Å². The van der Waals surface area contributed by atoms with E-state index in [2.05, 4.69) is 88.0 Å². The number of ether oxygens (including phenoxy) is 2. The molecule has 16 heteroatoms. The lowest BCUT2D eigenvalue weighted by atomic mass is 9.56. The molecule has 12 aliphatic rings. The Morgan fingerprint density at radius 2 is 1.06 bits per heavy atom. The number of nitrogens with one attached hydrogen (secondary N) is 3. The van der Waals surface area contributed by atoms with Gasteiger partial charge in [0.1, 0.15) is 0 Å². The molecule has 494 valence electrons. The number of fused-ring (bicyclic) bond motifs is 12. The summed E-state index contributed by atoms with van der Waals surface area (Å²) >= 11 is 0. The molecule has 0 aromatic rings. The molecular weight excluding hydrogens is 1120 g/mol. The molecule has 4 saturated carbocycles. The van der Waals surface area contributed by atoms with Gasteiger partial charge in [0.15, 0.2) is 0 Å². The summed E-state index contributed by atoms with van der Waals surface area (Å²) in [6, 6.07) is 0.741. The zero-order valence-electron chi connectivity index (χ0n) is 55.1. The van der Waals surface area contributed by atoms with Crippen molar-refractivity contribution in [2.45, 2.75) is 263 Å². The normalized spacial score (nSPS) is 41.8. The number of allylic oxidation sites excluding steroid dienone is 4. The molecule has 2 spiro atoms. The average molecular weight is 1230 g/mol. The van der Waals surface area contributed by atoms with Gasteiger partial charge in [-0.05, 0) is 218 Å². The molecule has 0 radical (unpaired) electrons. The van der Waals surface area contributed by atoms with Crippen LogP contribution < -0.4 is 21.7 Å². The van der Waals surface area contributed by atoms with Crippen molar-refractivity contribution in [3.05, 3.63) is 45.6 Å². The first kappa shape index (κ1) is 66.3. The maximum absolute atomic E-state index is 12.5. The second-order valence-electron chi connectivity index (χ2n) is 31.3. The molecule has 3 amide bonds. The van der Waals surface area contributed by atoms with Crippen molar-refractivity contribution < 1.29 is 47.2 Å². The third-order valence-corrected chi connectivity index (χ3v) is 26.4.